The van der Waals surface area contributed by atoms with E-state index in [1.807, 2.05) is 0 Å². The van der Waals surface area contributed by atoms with Gasteiger partial charge in [-0.2, -0.15) is 0 Å². The summed E-state index contributed by atoms with van der Waals surface area (Å²) in [5, 5.41) is 2.94. The summed E-state index contributed by atoms with van der Waals surface area (Å²) in [6.45, 7) is 0.659. The predicted octanol–water partition coefficient (Wildman–Crippen LogP) is 0.743. The third kappa shape index (κ3) is 1.98. The molecule has 3 N–H and O–H groups in total. The highest BCUT2D eigenvalue weighted by Crippen LogP contribution is 2.38. The van der Waals surface area contributed by atoms with Gasteiger partial charge in [0.05, 0.1) is 5.54 Å². The molecule has 16 heavy (non-hydrogen) atoms. The molecule has 90 valence electrons. The van der Waals surface area contributed by atoms with E-state index in [1.165, 1.54) is 0 Å². The lowest BCUT2D eigenvalue weighted by Gasteiger charge is -2.45. The molecule has 0 aromatic heterocycles. The first-order valence-corrected chi connectivity index (χ1v) is 6.23. The molecule has 1 aliphatic heterocycles. The average Bonchev–Trinajstić information content (AvgIpc) is 2.20. The normalized spacial score (nSPS) is 27.7. The zero-order valence-electron chi connectivity index (χ0n) is 9.63. The van der Waals surface area contributed by atoms with E-state index in [4.69, 9.17) is 5.73 Å². The van der Waals surface area contributed by atoms with E-state index >= 15 is 0 Å². The van der Waals surface area contributed by atoms with Crippen molar-refractivity contribution in [2.75, 3.05) is 6.54 Å². The molecule has 0 aromatic rings. The van der Waals surface area contributed by atoms with Crippen LogP contribution < -0.4 is 11.1 Å². The minimum absolute atomic E-state index is 0.0799. The van der Waals surface area contributed by atoms with E-state index in [9.17, 15) is 9.59 Å². The van der Waals surface area contributed by atoms with Crippen molar-refractivity contribution in [1.29, 1.82) is 0 Å². The molecule has 2 fully saturated rings. The van der Waals surface area contributed by atoms with Crippen LogP contribution in [0.25, 0.3) is 0 Å². The summed E-state index contributed by atoms with van der Waals surface area (Å²) < 4.78 is 0. The summed E-state index contributed by atoms with van der Waals surface area (Å²) in [5.41, 5.74) is 4.96. The Balaban J connectivity index is 1.89. The Bertz CT molecular complexity index is 297. The molecule has 1 saturated heterocycles. The van der Waals surface area contributed by atoms with Crippen LogP contribution >= 0.6 is 0 Å². The fourth-order valence-electron chi connectivity index (χ4n) is 2.62. The standard InChI is InChI=1S/C12H20N2O2/c13-7-2-1-4-9-8-10(15)12(5-3-6-12)14-11(9)16/h9H,1-8,13H2,(H,14,16). The number of carbonyl (C=O) groups excluding carboxylic acids is 2. The van der Waals surface area contributed by atoms with Gasteiger partial charge in [0.15, 0.2) is 5.78 Å². The first-order chi connectivity index (χ1) is 7.68. The Morgan fingerprint density at radius 3 is 2.62 bits per heavy atom. The van der Waals surface area contributed by atoms with Crippen molar-refractivity contribution in [3.63, 3.8) is 0 Å². The van der Waals surface area contributed by atoms with E-state index in [0.717, 1.165) is 38.5 Å². The molecule has 0 bridgehead atoms. The SMILES string of the molecule is NCCCCC1CC(=O)C2(CCC2)NC1=O. The van der Waals surface area contributed by atoms with Crippen LogP contribution in [-0.2, 0) is 9.59 Å². The molecule has 1 spiro atoms. The van der Waals surface area contributed by atoms with Gasteiger partial charge in [-0.15, -0.1) is 0 Å². The van der Waals surface area contributed by atoms with E-state index in [1.54, 1.807) is 0 Å². The summed E-state index contributed by atoms with van der Waals surface area (Å²) in [6, 6.07) is 0. The molecule has 0 radical (unpaired) electrons. The van der Waals surface area contributed by atoms with E-state index in [-0.39, 0.29) is 17.6 Å². The van der Waals surface area contributed by atoms with Crippen molar-refractivity contribution >= 4 is 11.7 Å². The Morgan fingerprint density at radius 2 is 2.06 bits per heavy atom. The minimum atomic E-state index is -0.457. The van der Waals surface area contributed by atoms with Gasteiger partial charge in [0, 0.05) is 12.3 Å². The zero-order valence-corrected chi connectivity index (χ0v) is 9.63. The number of ketones is 1. The van der Waals surface area contributed by atoms with Crippen molar-refractivity contribution < 1.29 is 9.59 Å². The van der Waals surface area contributed by atoms with Gasteiger partial charge in [-0.05, 0) is 38.6 Å². The lowest BCUT2D eigenvalue weighted by Crippen LogP contribution is -2.64. The van der Waals surface area contributed by atoms with E-state index < -0.39 is 5.54 Å². The molecule has 2 rings (SSSR count). The first kappa shape index (κ1) is 11.6. The Hall–Kier alpha value is -0.900. The van der Waals surface area contributed by atoms with Gasteiger partial charge >= 0.3 is 0 Å². The topological polar surface area (TPSA) is 72.2 Å². The lowest BCUT2D eigenvalue weighted by atomic mass is 9.68. The Morgan fingerprint density at radius 1 is 1.31 bits per heavy atom. The van der Waals surface area contributed by atoms with Gasteiger partial charge in [-0.1, -0.05) is 6.42 Å². The van der Waals surface area contributed by atoms with Crippen molar-refractivity contribution in [3.8, 4) is 0 Å². The monoisotopic (exact) mass is 224 g/mol. The van der Waals surface area contributed by atoms with Gasteiger partial charge in [0.2, 0.25) is 5.91 Å². The maximum Gasteiger partial charge on any atom is 0.224 e. The molecule has 1 amide bonds. The van der Waals surface area contributed by atoms with Crippen LogP contribution in [0.3, 0.4) is 0 Å². The second kappa shape index (κ2) is 4.53. The molecule has 1 unspecified atom stereocenters. The summed E-state index contributed by atoms with van der Waals surface area (Å²) in [7, 11) is 0. The molecule has 1 aliphatic carbocycles. The van der Waals surface area contributed by atoms with Crippen LogP contribution in [0.4, 0.5) is 0 Å². The molecule has 1 heterocycles. The zero-order chi connectivity index (χ0) is 11.6. The van der Waals surface area contributed by atoms with Gasteiger partial charge in [-0.25, -0.2) is 0 Å². The highest BCUT2D eigenvalue weighted by Gasteiger charge is 2.49. The highest BCUT2D eigenvalue weighted by atomic mass is 16.2. The number of nitrogens with one attached hydrogen (secondary N) is 1. The van der Waals surface area contributed by atoms with E-state index in [0.29, 0.717) is 13.0 Å². The maximum absolute atomic E-state index is 11.9. The third-order valence-electron chi connectivity index (χ3n) is 3.91. The van der Waals surface area contributed by atoms with Crippen LogP contribution in [-0.4, -0.2) is 23.8 Å². The smallest absolute Gasteiger partial charge is 0.224 e. The number of carbonyl (C=O) groups is 2. The quantitative estimate of drug-likeness (QED) is 0.692. The number of unbranched alkanes of at least 4 members (excludes halogenated alkanes) is 1. The van der Waals surface area contributed by atoms with Crippen molar-refractivity contribution in [3.05, 3.63) is 0 Å². The molecule has 0 aromatic carbocycles. The van der Waals surface area contributed by atoms with Crippen molar-refractivity contribution in [2.24, 2.45) is 11.7 Å². The van der Waals surface area contributed by atoms with Crippen molar-refractivity contribution in [1.82, 2.24) is 5.32 Å². The molecule has 4 nitrogen and oxygen atoms in total. The number of piperidine rings is 1. The van der Waals surface area contributed by atoms with Gasteiger partial charge in [0.25, 0.3) is 0 Å². The van der Waals surface area contributed by atoms with Crippen LogP contribution in [0, 0.1) is 5.92 Å². The number of amides is 1. The van der Waals surface area contributed by atoms with E-state index in [2.05, 4.69) is 5.32 Å². The number of hydrogen-bond acceptors (Lipinski definition) is 3. The van der Waals surface area contributed by atoms with Crippen LogP contribution in [0.2, 0.25) is 0 Å². The number of Topliss-reactive ketones (excluding diaryl/α,β-unsaturated/α-hetero) is 1. The Labute approximate surface area is 96.0 Å². The second-order valence-electron chi connectivity index (χ2n) is 5.03. The number of rotatable bonds is 4. The molecule has 4 heteroatoms. The summed E-state index contributed by atoms with van der Waals surface area (Å²) in [4.78, 5) is 23.8. The Kier molecular flexibility index (Phi) is 3.28. The van der Waals surface area contributed by atoms with Gasteiger partial charge in [0.1, 0.15) is 0 Å². The van der Waals surface area contributed by atoms with Crippen molar-refractivity contribution in [2.45, 2.75) is 50.5 Å². The summed E-state index contributed by atoms with van der Waals surface area (Å²) in [5.74, 6) is 0.220. The molecule has 2 aliphatic rings. The predicted molar refractivity (Wildman–Crippen MR) is 60.7 cm³/mol. The third-order valence-corrected chi connectivity index (χ3v) is 3.91. The average molecular weight is 224 g/mol. The fraction of sp³-hybridized carbons (Fsp3) is 0.833. The molecular weight excluding hydrogens is 204 g/mol. The largest absolute Gasteiger partial charge is 0.343 e. The first-order valence-electron chi connectivity index (χ1n) is 6.23. The van der Waals surface area contributed by atoms with Gasteiger partial charge < -0.3 is 11.1 Å². The lowest BCUT2D eigenvalue weighted by molar-refractivity contribution is -0.145. The highest BCUT2D eigenvalue weighted by molar-refractivity contribution is 6.00. The molecule has 1 atom stereocenters. The number of nitrogens with two attached hydrogens (primary N) is 1. The summed E-state index contributed by atoms with van der Waals surface area (Å²) in [6.07, 6.45) is 5.85. The number of hydrogen-bond donors (Lipinski definition) is 2. The minimum Gasteiger partial charge on any atom is -0.343 e. The van der Waals surface area contributed by atoms with Crippen LogP contribution in [0.15, 0.2) is 0 Å². The fourth-order valence-corrected chi connectivity index (χ4v) is 2.62. The van der Waals surface area contributed by atoms with Crippen LogP contribution in [0.5, 0.6) is 0 Å². The second-order valence-corrected chi connectivity index (χ2v) is 5.03. The van der Waals surface area contributed by atoms with Gasteiger partial charge in [-0.3, -0.25) is 9.59 Å². The molecular formula is C12H20N2O2. The summed E-state index contributed by atoms with van der Waals surface area (Å²) >= 11 is 0. The maximum atomic E-state index is 11.9. The van der Waals surface area contributed by atoms with Crippen LogP contribution in [0.1, 0.15) is 44.9 Å². The molecule has 1 saturated carbocycles.